The van der Waals surface area contributed by atoms with Crippen molar-refractivity contribution in [2.75, 3.05) is 7.05 Å². The molecule has 20 heavy (non-hydrogen) atoms. The van der Waals surface area contributed by atoms with E-state index < -0.39 is 0 Å². The highest BCUT2D eigenvalue weighted by Crippen LogP contribution is 2.31. The second-order valence-electron chi connectivity index (χ2n) is 3.78. The van der Waals surface area contributed by atoms with E-state index in [1.54, 1.807) is 37.4 Å². The molecule has 0 aliphatic rings. The van der Waals surface area contributed by atoms with E-state index in [1.165, 1.54) is 6.21 Å². The standard InChI is InChI=1S/C13H11Cl2N3OS/c1-16-13(20)18-17-7-9-3-5-12(19-9)10-6-8(14)2-4-11(10)15/h2-7H,1H3,(H2,16,18,20)/b17-7+. The van der Waals surface area contributed by atoms with Crippen LogP contribution in [-0.2, 0) is 0 Å². The molecule has 0 fully saturated rings. The summed E-state index contributed by atoms with van der Waals surface area (Å²) in [6.45, 7) is 0. The Morgan fingerprint density at radius 2 is 2.10 bits per heavy atom. The molecule has 0 spiro atoms. The van der Waals surface area contributed by atoms with Gasteiger partial charge >= 0.3 is 0 Å². The maximum absolute atomic E-state index is 6.11. The Kier molecular flexibility index (Phi) is 5.00. The summed E-state index contributed by atoms with van der Waals surface area (Å²) in [5.41, 5.74) is 3.37. The molecule has 0 radical (unpaired) electrons. The third-order valence-electron chi connectivity index (χ3n) is 2.41. The number of nitrogens with zero attached hydrogens (tertiary/aromatic N) is 1. The molecule has 2 aromatic rings. The van der Waals surface area contributed by atoms with Gasteiger partial charge < -0.3 is 9.73 Å². The molecule has 0 bridgehead atoms. The van der Waals surface area contributed by atoms with Crippen LogP contribution in [0.2, 0.25) is 10.0 Å². The summed E-state index contributed by atoms with van der Waals surface area (Å²) < 4.78 is 5.62. The average molecular weight is 328 g/mol. The van der Waals surface area contributed by atoms with Crippen LogP contribution in [0.1, 0.15) is 5.76 Å². The van der Waals surface area contributed by atoms with Crippen LogP contribution in [0.4, 0.5) is 0 Å². The minimum Gasteiger partial charge on any atom is -0.455 e. The van der Waals surface area contributed by atoms with Gasteiger partial charge in [0.2, 0.25) is 0 Å². The highest BCUT2D eigenvalue weighted by Gasteiger charge is 2.08. The van der Waals surface area contributed by atoms with Crippen LogP contribution in [-0.4, -0.2) is 18.4 Å². The van der Waals surface area contributed by atoms with E-state index in [4.69, 9.17) is 39.8 Å². The molecule has 7 heteroatoms. The fraction of sp³-hybridized carbons (Fsp3) is 0.0769. The van der Waals surface area contributed by atoms with Gasteiger partial charge in [0, 0.05) is 17.6 Å². The normalized spacial score (nSPS) is 10.8. The first-order chi connectivity index (χ1) is 9.60. The van der Waals surface area contributed by atoms with Crippen LogP contribution < -0.4 is 10.7 Å². The molecular formula is C13H11Cl2N3OS. The highest BCUT2D eigenvalue weighted by atomic mass is 35.5. The Morgan fingerprint density at radius 1 is 1.30 bits per heavy atom. The van der Waals surface area contributed by atoms with Gasteiger partial charge in [-0.05, 0) is 42.5 Å². The first kappa shape index (κ1) is 14.8. The first-order valence-electron chi connectivity index (χ1n) is 5.66. The maximum Gasteiger partial charge on any atom is 0.186 e. The molecule has 0 aliphatic heterocycles. The molecule has 0 saturated carbocycles. The fourth-order valence-corrected chi connectivity index (χ4v) is 1.90. The van der Waals surface area contributed by atoms with Crippen LogP contribution in [0.3, 0.4) is 0 Å². The average Bonchev–Trinajstić information content (AvgIpc) is 2.90. The smallest absolute Gasteiger partial charge is 0.186 e. The van der Waals surface area contributed by atoms with E-state index in [2.05, 4.69) is 15.8 Å². The SMILES string of the molecule is CNC(=S)N/N=C/c1ccc(-c2cc(Cl)ccc2Cl)o1. The van der Waals surface area contributed by atoms with Crippen LogP contribution in [0, 0.1) is 0 Å². The first-order valence-corrected chi connectivity index (χ1v) is 6.82. The summed E-state index contributed by atoms with van der Waals surface area (Å²) in [5, 5.41) is 8.26. The van der Waals surface area contributed by atoms with Crippen molar-refractivity contribution >= 4 is 46.7 Å². The molecule has 0 atom stereocenters. The quantitative estimate of drug-likeness (QED) is 0.513. The van der Waals surface area contributed by atoms with Gasteiger partial charge in [0.05, 0.1) is 11.2 Å². The second-order valence-corrected chi connectivity index (χ2v) is 5.03. The number of benzene rings is 1. The van der Waals surface area contributed by atoms with Gasteiger partial charge in [-0.2, -0.15) is 5.10 Å². The number of thiocarbonyl (C=S) groups is 1. The molecule has 1 aromatic carbocycles. The van der Waals surface area contributed by atoms with Gasteiger partial charge in [0.25, 0.3) is 0 Å². The topological polar surface area (TPSA) is 49.6 Å². The number of furan rings is 1. The van der Waals surface area contributed by atoms with E-state index in [0.29, 0.717) is 26.7 Å². The largest absolute Gasteiger partial charge is 0.455 e. The predicted octanol–water partition coefficient (Wildman–Crippen LogP) is 3.68. The molecule has 104 valence electrons. The summed E-state index contributed by atoms with van der Waals surface area (Å²) >= 11 is 16.9. The van der Waals surface area contributed by atoms with Crippen molar-refractivity contribution in [2.24, 2.45) is 5.10 Å². The summed E-state index contributed by atoms with van der Waals surface area (Å²) in [5.74, 6) is 1.19. The van der Waals surface area contributed by atoms with Gasteiger partial charge in [0.15, 0.2) is 5.11 Å². The lowest BCUT2D eigenvalue weighted by atomic mass is 10.2. The van der Waals surface area contributed by atoms with Crippen molar-refractivity contribution in [2.45, 2.75) is 0 Å². The molecule has 0 amide bonds. The number of hydrazone groups is 1. The molecular weight excluding hydrogens is 317 g/mol. The Morgan fingerprint density at radius 3 is 2.85 bits per heavy atom. The molecule has 0 unspecified atom stereocenters. The van der Waals surface area contributed by atoms with Gasteiger partial charge in [-0.25, -0.2) is 0 Å². The number of hydrogen-bond acceptors (Lipinski definition) is 3. The van der Waals surface area contributed by atoms with Crippen LogP contribution >= 0.6 is 35.4 Å². The molecule has 1 heterocycles. The zero-order valence-electron chi connectivity index (χ0n) is 10.5. The third-order valence-corrected chi connectivity index (χ3v) is 3.27. The minimum atomic E-state index is 0.422. The second kappa shape index (κ2) is 6.74. The molecule has 2 N–H and O–H groups in total. The number of nitrogens with one attached hydrogen (secondary N) is 2. The lowest BCUT2D eigenvalue weighted by molar-refractivity contribution is 0.574. The third kappa shape index (κ3) is 3.72. The van der Waals surface area contributed by atoms with Gasteiger partial charge in [-0.3, -0.25) is 5.43 Å². The van der Waals surface area contributed by atoms with E-state index in [1.807, 2.05) is 0 Å². The number of halogens is 2. The number of rotatable bonds is 3. The summed E-state index contributed by atoms with van der Waals surface area (Å²) in [4.78, 5) is 0. The summed E-state index contributed by atoms with van der Waals surface area (Å²) in [7, 11) is 1.71. The van der Waals surface area contributed by atoms with Crippen LogP contribution in [0.25, 0.3) is 11.3 Å². The van der Waals surface area contributed by atoms with Gasteiger partial charge in [-0.1, -0.05) is 23.2 Å². The van der Waals surface area contributed by atoms with E-state index >= 15 is 0 Å². The zero-order valence-corrected chi connectivity index (χ0v) is 12.8. The van der Waals surface area contributed by atoms with Gasteiger partial charge in [0.1, 0.15) is 11.5 Å². The Bertz CT molecular complexity index is 655. The Hall–Kier alpha value is -1.56. The maximum atomic E-state index is 6.11. The van der Waals surface area contributed by atoms with Crippen LogP contribution in [0.15, 0.2) is 39.9 Å². The summed E-state index contributed by atoms with van der Waals surface area (Å²) in [6.07, 6.45) is 1.52. The molecule has 0 saturated heterocycles. The van der Waals surface area contributed by atoms with Crippen molar-refractivity contribution < 1.29 is 4.42 Å². The van der Waals surface area contributed by atoms with Gasteiger partial charge in [-0.15, -0.1) is 0 Å². The Balaban J connectivity index is 2.16. The summed E-state index contributed by atoms with van der Waals surface area (Å²) in [6, 6.07) is 8.78. The van der Waals surface area contributed by atoms with E-state index in [0.717, 1.165) is 5.56 Å². The van der Waals surface area contributed by atoms with E-state index in [-0.39, 0.29) is 0 Å². The number of hydrogen-bond donors (Lipinski definition) is 2. The van der Waals surface area contributed by atoms with E-state index in [9.17, 15) is 0 Å². The van der Waals surface area contributed by atoms with Crippen molar-refractivity contribution in [3.8, 4) is 11.3 Å². The molecule has 0 aliphatic carbocycles. The highest BCUT2D eigenvalue weighted by molar-refractivity contribution is 7.80. The lowest BCUT2D eigenvalue weighted by Gasteiger charge is -2.01. The molecule has 4 nitrogen and oxygen atoms in total. The lowest BCUT2D eigenvalue weighted by Crippen LogP contribution is -2.28. The molecule has 1 aromatic heterocycles. The zero-order chi connectivity index (χ0) is 14.5. The van der Waals surface area contributed by atoms with Crippen molar-refractivity contribution in [1.82, 2.24) is 10.7 Å². The van der Waals surface area contributed by atoms with Crippen molar-refractivity contribution in [3.63, 3.8) is 0 Å². The fourth-order valence-electron chi connectivity index (χ4n) is 1.46. The monoisotopic (exact) mass is 327 g/mol. The molecule has 2 rings (SSSR count). The van der Waals surface area contributed by atoms with Crippen molar-refractivity contribution in [1.29, 1.82) is 0 Å². The Labute approximate surface area is 131 Å². The minimum absolute atomic E-state index is 0.422. The predicted molar refractivity (Wildman–Crippen MR) is 86.6 cm³/mol. The van der Waals surface area contributed by atoms with Crippen molar-refractivity contribution in [3.05, 3.63) is 46.1 Å². The van der Waals surface area contributed by atoms with Crippen LogP contribution in [0.5, 0.6) is 0 Å².